The van der Waals surface area contributed by atoms with E-state index in [-0.39, 0.29) is 18.1 Å². The minimum atomic E-state index is -0.778. The smallest absolute Gasteiger partial charge is 0.217 e. The molecule has 1 aromatic heterocycles. The summed E-state index contributed by atoms with van der Waals surface area (Å²) in [7, 11) is 0. The van der Waals surface area contributed by atoms with E-state index < -0.39 is 11.6 Å². The number of nitrogens with zero attached hydrogens (tertiary/aromatic N) is 3. The standard InChI is InChI=1S/C11H8F2N4/c12-8-3-7(5-14)4-9(13)11(8)17-2-1-16-10(17)6-15/h1-4H,5,14H2. The molecule has 2 rings (SSSR count). The molecule has 0 bridgehead atoms. The van der Waals surface area contributed by atoms with E-state index in [4.69, 9.17) is 11.0 Å². The summed E-state index contributed by atoms with van der Waals surface area (Å²) in [6, 6.07) is 4.03. The van der Waals surface area contributed by atoms with E-state index in [9.17, 15) is 8.78 Å². The lowest BCUT2D eigenvalue weighted by Gasteiger charge is -2.08. The first-order valence-electron chi connectivity index (χ1n) is 4.79. The van der Waals surface area contributed by atoms with Crippen LogP contribution in [0.3, 0.4) is 0 Å². The average molecular weight is 234 g/mol. The lowest BCUT2D eigenvalue weighted by molar-refractivity contribution is 0.565. The van der Waals surface area contributed by atoms with Gasteiger partial charge in [-0.2, -0.15) is 5.26 Å². The fourth-order valence-corrected chi connectivity index (χ4v) is 1.53. The second-order valence-corrected chi connectivity index (χ2v) is 3.34. The summed E-state index contributed by atoms with van der Waals surface area (Å²) in [5.41, 5.74) is 5.33. The highest BCUT2D eigenvalue weighted by molar-refractivity contribution is 5.41. The van der Waals surface area contributed by atoms with Crippen molar-refractivity contribution in [3.05, 3.63) is 47.5 Å². The van der Waals surface area contributed by atoms with E-state index in [1.165, 1.54) is 12.4 Å². The molecular formula is C11H8F2N4. The molecule has 0 saturated heterocycles. The second-order valence-electron chi connectivity index (χ2n) is 3.34. The number of nitrogens with two attached hydrogens (primary N) is 1. The van der Waals surface area contributed by atoms with Crippen LogP contribution in [-0.2, 0) is 6.54 Å². The molecule has 0 spiro atoms. The van der Waals surface area contributed by atoms with Crippen molar-refractivity contribution in [1.29, 1.82) is 5.26 Å². The highest BCUT2D eigenvalue weighted by Gasteiger charge is 2.15. The van der Waals surface area contributed by atoms with Crippen molar-refractivity contribution in [2.75, 3.05) is 0 Å². The quantitative estimate of drug-likeness (QED) is 0.855. The average Bonchev–Trinajstić information content (AvgIpc) is 2.76. The Bertz CT molecular complexity index is 575. The summed E-state index contributed by atoms with van der Waals surface area (Å²) in [6.07, 6.45) is 2.62. The van der Waals surface area contributed by atoms with E-state index in [0.717, 1.165) is 16.7 Å². The van der Waals surface area contributed by atoms with Crippen LogP contribution in [0.25, 0.3) is 5.69 Å². The molecule has 6 heteroatoms. The molecule has 0 aliphatic carbocycles. The molecule has 86 valence electrons. The predicted octanol–water partition coefficient (Wildman–Crippen LogP) is 1.48. The van der Waals surface area contributed by atoms with E-state index in [0.29, 0.717) is 5.56 Å². The number of benzene rings is 1. The van der Waals surface area contributed by atoms with Crippen LogP contribution in [0, 0.1) is 23.0 Å². The van der Waals surface area contributed by atoms with Crippen LogP contribution in [0.5, 0.6) is 0 Å². The molecule has 4 nitrogen and oxygen atoms in total. The van der Waals surface area contributed by atoms with Crippen LogP contribution in [-0.4, -0.2) is 9.55 Å². The zero-order chi connectivity index (χ0) is 12.4. The maximum Gasteiger partial charge on any atom is 0.217 e. The normalized spacial score (nSPS) is 10.2. The molecule has 0 amide bonds. The van der Waals surface area contributed by atoms with Gasteiger partial charge in [-0.1, -0.05) is 0 Å². The minimum Gasteiger partial charge on any atom is -0.326 e. The predicted molar refractivity (Wildman–Crippen MR) is 56.1 cm³/mol. The van der Waals surface area contributed by atoms with E-state index in [2.05, 4.69) is 4.98 Å². The van der Waals surface area contributed by atoms with Gasteiger partial charge in [0.15, 0.2) is 11.6 Å². The van der Waals surface area contributed by atoms with Crippen LogP contribution in [0.1, 0.15) is 11.4 Å². The van der Waals surface area contributed by atoms with Crippen LogP contribution in [0.4, 0.5) is 8.78 Å². The van der Waals surface area contributed by atoms with Gasteiger partial charge in [-0.3, -0.25) is 4.57 Å². The molecule has 17 heavy (non-hydrogen) atoms. The Morgan fingerprint density at radius 1 is 1.35 bits per heavy atom. The third kappa shape index (κ3) is 1.88. The molecule has 0 unspecified atom stereocenters. The number of hydrogen-bond donors (Lipinski definition) is 1. The fraction of sp³-hybridized carbons (Fsp3) is 0.0909. The van der Waals surface area contributed by atoms with Crippen LogP contribution >= 0.6 is 0 Å². The number of halogens is 2. The van der Waals surface area contributed by atoms with Gasteiger partial charge in [0.05, 0.1) is 0 Å². The molecule has 0 fully saturated rings. The number of rotatable bonds is 2. The number of imidazole rings is 1. The van der Waals surface area contributed by atoms with Crippen LogP contribution < -0.4 is 5.73 Å². The van der Waals surface area contributed by atoms with E-state index >= 15 is 0 Å². The molecule has 0 atom stereocenters. The zero-order valence-corrected chi connectivity index (χ0v) is 8.69. The number of nitriles is 1. The van der Waals surface area contributed by atoms with E-state index in [1.54, 1.807) is 6.07 Å². The van der Waals surface area contributed by atoms with E-state index in [1.807, 2.05) is 0 Å². The molecule has 0 saturated carbocycles. The Balaban J connectivity index is 2.65. The first-order valence-corrected chi connectivity index (χ1v) is 4.79. The Morgan fingerprint density at radius 2 is 2.00 bits per heavy atom. The highest BCUT2D eigenvalue weighted by atomic mass is 19.1. The van der Waals surface area contributed by atoms with Gasteiger partial charge in [0, 0.05) is 18.9 Å². The summed E-state index contributed by atoms with van der Waals surface area (Å²) in [5, 5.41) is 8.75. The van der Waals surface area contributed by atoms with Crippen molar-refractivity contribution in [1.82, 2.24) is 9.55 Å². The molecule has 2 N–H and O–H groups in total. The minimum absolute atomic E-state index is 0.0448. The largest absolute Gasteiger partial charge is 0.326 e. The molecule has 0 aliphatic rings. The maximum absolute atomic E-state index is 13.7. The molecular weight excluding hydrogens is 226 g/mol. The Morgan fingerprint density at radius 3 is 2.53 bits per heavy atom. The monoisotopic (exact) mass is 234 g/mol. The third-order valence-electron chi connectivity index (χ3n) is 2.29. The van der Waals surface area contributed by atoms with Gasteiger partial charge >= 0.3 is 0 Å². The summed E-state index contributed by atoms with van der Waals surface area (Å²) in [4.78, 5) is 3.68. The van der Waals surface area contributed by atoms with Crippen molar-refractivity contribution < 1.29 is 8.78 Å². The summed E-state index contributed by atoms with van der Waals surface area (Å²) in [5.74, 6) is -1.64. The molecule has 1 heterocycles. The van der Waals surface area contributed by atoms with Gasteiger partial charge in [-0.25, -0.2) is 13.8 Å². The van der Waals surface area contributed by atoms with Crippen molar-refractivity contribution in [3.8, 4) is 11.8 Å². The molecule has 0 aliphatic heterocycles. The van der Waals surface area contributed by atoms with Gasteiger partial charge in [-0.15, -0.1) is 0 Å². The van der Waals surface area contributed by atoms with Gasteiger partial charge in [-0.05, 0) is 17.7 Å². The maximum atomic E-state index is 13.7. The molecule has 1 aromatic carbocycles. The Kier molecular flexibility index (Phi) is 2.85. The van der Waals surface area contributed by atoms with Gasteiger partial charge in [0.2, 0.25) is 5.82 Å². The topological polar surface area (TPSA) is 67.6 Å². The van der Waals surface area contributed by atoms with Crippen molar-refractivity contribution in [2.24, 2.45) is 5.73 Å². The summed E-state index contributed by atoms with van der Waals surface area (Å²) < 4.78 is 28.5. The summed E-state index contributed by atoms with van der Waals surface area (Å²) in [6.45, 7) is 0.0448. The second kappa shape index (κ2) is 4.31. The Labute approximate surface area is 95.9 Å². The molecule has 2 aromatic rings. The fourth-order valence-electron chi connectivity index (χ4n) is 1.53. The van der Waals surface area contributed by atoms with Gasteiger partial charge in [0.1, 0.15) is 11.8 Å². The molecule has 0 radical (unpaired) electrons. The number of hydrogen-bond acceptors (Lipinski definition) is 3. The first kappa shape index (κ1) is 11.2. The van der Waals surface area contributed by atoms with Crippen molar-refractivity contribution >= 4 is 0 Å². The lowest BCUT2D eigenvalue weighted by atomic mass is 10.2. The summed E-state index contributed by atoms with van der Waals surface area (Å²) >= 11 is 0. The number of aromatic nitrogens is 2. The lowest BCUT2D eigenvalue weighted by Crippen LogP contribution is -2.06. The van der Waals surface area contributed by atoms with Crippen LogP contribution in [0.15, 0.2) is 24.5 Å². The van der Waals surface area contributed by atoms with Crippen LogP contribution in [0.2, 0.25) is 0 Å². The highest BCUT2D eigenvalue weighted by Crippen LogP contribution is 2.20. The first-order chi connectivity index (χ1) is 8.17. The van der Waals surface area contributed by atoms with Gasteiger partial charge in [0.25, 0.3) is 0 Å². The Hall–Kier alpha value is -2.26. The third-order valence-corrected chi connectivity index (χ3v) is 2.29. The van der Waals surface area contributed by atoms with Crippen molar-refractivity contribution in [2.45, 2.75) is 6.54 Å². The zero-order valence-electron chi connectivity index (χ0n) is 8.69. The van der Waals surface area contributed by atoms with Gasteiger partial charge < -0.3 is 5.73 Å². The van der Waals surface area contributed by atoms with Crippen molar-refractivity contribution in [3.63, 3.8) is 0 Å². The SMILES string of the molecule is N#Cc1nccn1-c1c(F)cc(CN)cc1F.